The number of nitrogens with zero attached hydrogens (tertiary/aromatic N) is 2. The van der Waals surface area contributed by atoms with Gasteiger partial charge in [0, 0.05) is 6.42 Å². The van der Waals surface area contributed by atoms with Crippen molar-refractivity contribution < 1.29 is 14.3 Å². The van der Waals surface area contributed by atoms with Crippen LogP contribution in [-0.2, 0) is 4.79 Å². The highest BCUT2D eigenvalue weighted by Gasteiger charge is 2.05. The van der Waals surface area contributed by atoms with Gasteiger partial charge in [0.1, 0.15) is 5.56 Å². The van der Waals surface area contributed by atoms with Crippen molar-refractivity contribution in [2.45, 2.75) is 13.3 Å². The smallest absolute Gasteiger partial charge is 0.319 e. The summed E-state index contributed by atoms with van der Waals surface area (Å²) in [5, 5.41) is 0. The van der Waals surface area contributed by atoms with Gasteiger partial charge in [0.2, 0.25) is 11.7 Å². The van der Waals surface area contributed by atoms with E-state index in [2.05, 4.69) is 21.8 Å². The van der Waals surface area contributed by atoms with E-state index in [9.17, 15) is 4.79 Å². The minimum absolute atomic E-state index is 0.141. The summed E-state index contributed by atoms with van der Waals surface area (Å²) in [6, 6.07) is 0.198. The molecule has 0 amide bonds. The lowest BCUT2D eigenvalue weighted by Crippen LogP contribution is -1.98. The summed E-state index contributed by atoms with van der Waals surface area (Å²) in [7, 11) is 2.93. The molecule has 0 aliphatic heterocycles. The molecule has 0 atom stereocenters. The molecule has 1 aromatic heterocycles. The van der Waals surface area contributed by atoms with Gasteiger partial charge in [-0.1, -0.05) is 12.8 Å². The Kier molecular flexibility index (Phi) is 4.28. The van der Waals surface area contributed by atoms with E-state index in [1.54, 1.807) is 6.92 Å². The molecule has 5 heteroatoms. The minimum atomic E-state index is -0.141. The van der Waals surface area contributed by atoms with Gasteiger partial charge in [0.15, 0.2) is 0 Å². The fraction of sp³-hybridized carbons (Fsp3) is 0.364. The molecule has 0 radical (unpaired) electrons. The second kappa shape index (κ2) is 5.71. The van der Waals surface area contributed by atoms with Gasteiger partial charge in [-0.25, -0.2) is 4.98 Å². The van der Waals surface area contributed by atoms with Gasteiger partial charge in [0.25, 0.3) is 0 Å². The molecule has 16 heavy (non-hydrogen) atoms. The number of methoxy groups -OCH3 is 2. The molecule has 0 aromatic carbocycles. The van der Waals surface area contributed by atoms with Gasteiger partial charge in [-0.15, -0.1) is 0 Å². The van der Waals surface area contributed by atoms with E-state index >= 15 is 0 Å². The molecule has 5 nitrogen and oxygen atoms in total. The third-order valence-corrected chi connectivity index (χ3v) is 1.77. The van der Waals surface area contributed by atoms with Crippen LogP contribution in [0.2, 0.25) is 0 Å². The van der Waals surface area contributed by atoms with Crippen LogP contribution in [-0.4, -0.2) is 30.0 Å². The number of carbonyl (C=O) groups excluding carboxylic acids is 1. The van der Waals surface area contributed by atoms with E-state index in [0.717, 1.165) is 0 Å². The van der Waals surface area contributed by atoms with E-state index in [1.807, 2.05) is 0 Å². The van der Waals surface area contributed by atoms with E-state index in [4.69, 9.17) is 9.47 Å². The van der Waals surface area contributed by atoms with Crippen LogP contribution in [0.25, 0.3) is 0 Å². The first-order valence-corrected chi connectivity index (χ1v) is 4.71. The van der Waals surface area contributed by atoms with Crippen LogP contribution in [0.1, 0.15) is 18.9 Å². The molecule has 0 spiro atoms. The van der Waals surface area contributed by atoms with Crippen LogP contribution >= 0.6 is 0 Å². The molecule has 0 aliphatic carbocycles. The van der Waals surface area contributed by atoms with Crippen molar-refractivity contribution in [3.05, 3.63) is 11.8 Å². The first kappa shape index (κ1) is 12.0. The van der Waals surface area contributed by atoms with Gasteiger partial charge in [-0.2, -0.15) is 4.98 Å². The van der Waals surface area contributed by atoms with E-state index in [0.29, 0.717) is 17.9 Å². The number of aromatic nitrogens is 2. The zero-order valence-electron chi connectivity index (χ0n) is 9.40. The monoisotopic (exact) mass is 220 g/mol. The Morgan fingerprint density at radius 3 is 2.75 bits per heavy atom. The molecule has 0 fully saturated rings. The third kappa shape index (κ3) is 2.95. The van der Waals surface area contributed by atoms with Gasteiger partial charge in [-0.3, -0.25) is 4.79 Å². The van der Waals surface area contributed by atoms with E-state index in [1.165, 1.54) is 20.4 Å². The second-order valence-electron chi connectivity index (χ2n) is 2.81. The average Bonchev–Trinajstić information content (AvgIpc) is 2.35. The number of carbonyl (C=O) groups is 1. The molecular formula is C11H12N2O3. The van der Waals surface area contributed by atoms with E-state index < -0.39 is 0 Å². The molecule has 0 saturated heterocycles. The molecule has 0 saturated carbocycles. The zero-order chi connectivity index (χ0) is 12.0. The summed E-state index contributed by atoms with van der Waals surface area (Å²) in [6.45, 7) is 1.75. The number of ether oxygens (including phenoxy) is 2. The number of Topliss-reactive ketones (excluding diaryl/α,β-unsaturated/α-hetero) is 1. The van der Waals surface area contributed by atoms with Crippen LogP contribution in [0.4, 0.5) is 0 Å². The Morgan fingerprint density at radius 1 is 1.44 bits per heavy atom. The van der Waals surface area contributed by atoms with Crippen LogP contribution < -0.4 is 9.47 Å². The number of hydrogen-bond donors (Lipinski definition) is 0. The Balaban J connectivity index is 3.03. The normalized spacial score (nSPS) is 8.94. The average molecular weight is 220 g/mol. The fourth-order valence-corrected chi connectivity index (χ4v) is 0.916. The van der Waals surface area contributed by atoms with Crippen molar-refractivity contribution in [3.63, 3.8) is 0 Å². The molecule has 0 N–H and O–H groups in total. The Bertz CT molecular complexity index is 446. The summed E-state index contributed by atoms with van der Waals surface area (Å²) < 4.78 is 9.85. The molecule has 1 rings (SSSR count). The maximum Gasteiger partial charge on any atom is 0.319 e. The summed E-state index contributed by atoms with van der Waals surface area (Å²) >= 11 is 0. The lowest BCUT2D eigenvalue weighted by Gasteiger charge is -2.02. The van der Waals surface area contributed by atoms with Crippen molar-refractivity contribution >= 4 is 5.78 Å². The summed E-state index contributed by atoms with van der Waals surface area (Å²) in [4.78, 5) is 18.9. The van der Waals surface area contributed by atoms with Gasteiger partial charge < -0.3 is 9.47 Å². The van der Waals surface area contributed by atoms with Crippen LogP contribution in [0.3, 0.4) is 0 Å². The second-order valence-corrected chi connectivity index (χ2v) is 2.81. The SMILES string of the molecule is CCC(=O)C#Cc1cnc(OC)nc1OC. The topological polar surface area (TPSA) is 61.3 Å². The van der Waals surface area contributed by atoms with Crippen LogP contribution in [0, 0.1) is 11.8 Å². The standard InChI is InChI=1S/C11H12N2O3/c1-4-9(14)6-5-8-7-12-11(16-3)13-10(8)15-2/h7H,4H2,1-3H3. The summed E-state index contributed by atoms with van der Waals surface area (Å²) in [6.07, 6.45) is 1.84. The lowest BCUT2D eigenvalue weighted by molar-refractivity contribution is -0.113. The molecule has 0 unspecified atom stereocenters. The third-order valence-electron chi connectivity index (χ3n) is 1.77. The minimum Gasteiger partial charge on any atom is -0.480 e. The predicted octanol–water partition coefficient (Wildman–Crippen LogP) is 0.824. The van der Waals surface area contributed by atoms with Crippen LogP contribution in [0.5, 0.6) is 11.9 Å². The fourth-order valence-electron chi connectivity index (χ4n) is 0.916. The molecule has 1 aromatic rings. The Morgan fingerprint density at radius 2 is 2.19 bits per heavy atom. The predicted molar refractivity (Wildman–Crippen MR) is 57.3 cm³/mol. The first-order chi connectivity index (χ1) is 7.71. The molecule has 0 aliphatic rings. The van der Waals surface area contributed by atoms with E-state index in [-0.39, 0.29) is 11.8 Å². The molecule has 0 bridgehead atoms. The van der Waals surface area contributed by atoms with Crippen LogP contribution in [0.15, 0.2) is 6.20 Å². The van der Waals surface area contributed by atoms with Crippen molar-refractivity contribution in [1.29, 1.82) is 0 Å². The zero-order valence-corrected chi connectivity index (χ0v) is 9.40. The largest absolute Gasteiger partial charge is 0.480 e. The first-order valence-electron chi connectivity index (χ1n) is 4.71. The number of hydrogen-bond acceptors (Lipinski definition) is 5. The molecule has 84 valence electrons. The number of ketones is 1. The summed E-state index contributed by atoms with van der Waals surface area (Å²) in [5.41, 5.74) is 0.463. The van der Waals surface area contributed by atoms with Gasteiger partial charge in [0.05, 0.1) is 20.4 Å². The van der Waals surface area contributed by atoms with Gasteiger partial charge >= 0.3 is 6.01 Å². The van der Waals surface area contributed by atoms with Crippen molar-refractivity contribution in [1.82, 2.24) is 9.97 Å². The lowest BCUT2D eigenvalue weighted by atomic mass is 10.2. The highest BCUT2D eigenvalue weighted by atomic mass is 16.5. The molecule has 1 heterocycles. The maximum atomic E-state index is 11.0. The highest BCUT2D eigenvalue weighted by molar-refractivity contribution is 5.95. The Hall–Kier alpha value is -2.09. The maximum absolute atomic E-state index is 11.0. The molecular weight excluding hydrogens is 208 g/mol. The Labute approximate surface area is 93.8 Å². The van der Waals surface area contributed by atoms with Crippen molar-refractivity contribution in [2.24, 2.45) is 0 Å². The highest BCUT2D eigenvalue weighted by Crippen LogP contribution is 2.15. The summed E-state index contributed by atoms with van der Waals surface area (Å²) in [5.74, 6) is 5.29. The quantitative estimate of drug-likeness (QED) is 0.706. The van der Waals surface area contributed by atoms with Crippen molar-refractivity contribution in [2.75, 3.05) is 14.2 Å². The number of rotatable bonds is 3. The van der Waals surface area contributed by atoms with Crippen molar-refractivity contribution in [3.8, 4) is 23.7 Å². The van der Waals surface area contributed by atoms with Gasteiger partial charge in [-0.05, 0) is 5.92 Å².